The molecule has 1 aliphatic heterocycles. The normalized spacial score (nSPS) is 14.9. The summed E-state index contributed by atoms with van der Waals surface area (Å²) in [5.41, 5.74) is 3.66. The van der Waals surface area contributed by atoms with Crippen molar-refractivity contribution in [3.63, 3.8) is 0 Å². The lowest BCUT2D eigenvalue weighted by Crippen LogP contribution is -2.44. The quantitative estimate of drug-likeness (QED) is 0.476. The van der Waals surface area contributed by atoms with Crippen LogP contribution in [0.3, 0.4) is 0 Å². The maximum absolute atomic E-state index is 12.8. The zero-order chi connectivity index (χ0) is 21.7. The van der Waals surface area contributed by atoms with E-state index < -0.39 is 11.8 Å². The number of nitrogens with one attached hydrogen (secondary N) is 1. The molecule has 0 saturated carbocycles. The minimum atomic E-state index is -0.455. The zero-order valence-electron chi connectivity index (χ0n) is 16.3. The van der Waals surface area contributed by atoms with Crippen molar-refractivity contribution < 1.29 is 19.1 Å². The van der Waals surface area contributed by atoms with Crippen LogP contribution in [0.4, 0.5) is 0 Å². The number of carbonyl (C=O) groups is 2. The molecule has 0 spiro atoms. The van der Waals surface area contributed by atoms with E-state index in [1.54, 1.807) is 42.5 Å². The van der Waals surface area contributed by atoms with Crippen molar-refractivity contribution in [2.24, 2.45) is 0 Å². The Kier molecular flexibility index (Phi) is 7.36. The molecule has 2 aromatic rings. The first kappa shape index (κ1) is 22.1. The van der Waals surface area contributed by atoms with Crippen LogP contribution in [-0.4, -0.2) is 34.4 Å². The Balaban J connectivity index is 1.78. The first-order valence-corrected chi connectivity index (χ1v) is 10.8. The largest absolute Gasteiger partial charge is 0.490 e. The number of benzene rings is 2. The highest BCUT2D eigenvalue weighted by atomic mass is 35.5. The number of amides is 2. The zero-order valence-corrected chi connectivity index (χ0v) is 18.7. The van der Waals surface area contributed by atoms with Crippen LogP contribution in [0.2, 0.25) is 5.02 Å². The van der Waals surface area contributed by atoms with Gasteiger partial charge in [-0.1, -0.05) is 29.4 Å². The van der Waals surface area contributed by atoms with Crippen molar-refractivity contribution in [3.05, 3.63) is 63.5 Å². The molecular weight excluding hydrogens is 444 g/mol. The molecule has 9 heteroatoms. The second-order valence-electron chi connectivity index (χ2n) is 6.04. The predicted octanol–water partition coefficient (Wildman–Crippen LogP) is 4.68. The topological polar surface area (TPSA) is 67.9 Å². The average molecular weight is 463 g/mol. The number of thioether (sulfide) groups is 1. The molecule has 1 aliphatic rings. The van der Waals surface area contributed by atoms with E-state index >= 15 is 0 Å². The van der Waals surface area contributed by atoms with Crippen molar-refractivity contribution in [1.29, 1.82) is 0 Å². The maximum Gasteiger partial charge on any atom is 0.285 e. The van der Waals surface area contributed by atoms with Gasteiger partial charge in [0.15, 0.2) is 15.8 Å². The molecule has 0 unspecified atom stereocenters. The molecule has 0 atom stereocenters. The fourth-order valence-corrected chi connectivity index (χ4v) is 3.95. The number of carbonyl (C=O) groups excluding carboxylic acids is 2. The van der Waals surface area contributed by atoms with Gasteiger partial charge in [-0.2, -0.15) is 5.01 Å². The number of ether oxygens (including phenoxy) is 2. The van der Waals surface area contributed by atoms with E-state index in [4.69, 9.17) is 33.3 Å². The van der Waals surface area contributed by atoms with E-state index in [1.165, 1.54) is 0 Å². The minimum absolute atomic E-state index is 0.240. The second-order valence-corrected chi connectivity index (χ2v) is 8.15. The number of hydrogen-bond acceptors (Lipinski definition) is 6. The van der Waals surface area contributed by atoms with Crippen LogP contribution < -0.4 is 14.9 Å². The van der Waals surface area contributed by atoms with Gasteiger partial charge in [-0.15, -0.1) is 0 Å². The van der Waals surface area contributed by atoms with Crippen molar-refractivity contribution in [2.75, 3.05) is 13.2 Å². The first-order chi connectivity index (χ1) is 14.4. The fraction of sp³-hybridized carbons (Fsp3) is 0.190. The molecule has 0 aliphatic carbocycles. The van der Waals surface area contributed by atoms with Gasteiger partial charge in [0.1, 0.15) is 0 Å². The van der Waals surface area contributed by atoms with Gasteiger partial charge in [-0.25, -0.2) is 0 Å². The Bertz CT molecular complexity index is 1010. The number of hydrazine groups is 1. The standard InChI is InChI=1S/C21H19ClN2O4S2/c1-3-27-16-10-5-13(11-17(16)28-4-2)12-18-20(26)24(21(29)30-18)23-19(25)14-6-8-15(22)9-7-14/h5-12H,3-4H2,1-2H3,(H,23,25)/b18-12+. The van der Waals surface area contributed by atoms with Crippen LogP contribution in [0.15, 0.2) is 47.4 Å². The van der Waals surface area contributed by atoms with Gasteiger partial charge in [0.25, 0.3) is 11.8 Å². The van der Waals surface area contributed by atoms with Crippen molar-refractivity contribution in [3.8, 4) is 11.5 Å². The molecular formula is C21H19ClN2O4S2. The Morgan fingerprint density at radius 1 is 1.13 bits per heavy atom. The third kappa shape index (κ3) is 5.13. The molecule has 1 N–H and O–H groups in total. The monoisotopic (exact) mass is 462 g/mol. The van der Waals surface area contributed by atoms with E-state index in [2.05, 4.69) is 5.43 Å². The van der Waals surface area contributed by atoms with Crippen LogP contribution in [-0.2, 0) is 4.79 Å². The summed E-state index contributed by atoms with van der Waals surface area (Å²) in [6.07, 6.45) is 1.70. The predicted molar refractivity (Wildman–Crippen MR) is 123 cm³/mol. The highest BCUT2D eigenvalue weighted by Gasteiger charge is 2.33. The van der Waals surface area contributed by atoms with Crippen molar-refractivity contribution in [1.82, 2.24) is 10.4 Å². The molecule has 0 bridgehead atoms. The van der Waals surface area contributed by atoms with Gasteiger partial charge in [-0.05, 0) is 74.1 Å². The highest BCUT2D eigenvalue weighted by Crippen LogP contribution is 2.34. The number of thiocarbonyl (C=S) groups is 1. The van der Waals surface area contributed by atoms with Crippen LogP contribution >= 0.6 is 35.6 Å². The van der Waals surface area contributed by atoms with E-state index in [0.717, 1.165) is 22.3 Å². The number of hydrogen-bond donors (Lipinski definition) is 1. The van der Waals surface area contributed by atoms with E-state index in [-0.39, 0.29) is 4.32 Å². The summed E-state index contributed by atoms with van der Waals surface area (Å²) in [6, 6.07) is 11.8. The van der Waals surface area contributed by atoms with Gasteiger partial charge in [0.05, 0.1) is 18.1 Å². The molecule has 2 amide bonds. The maximum atomic E-state index is 12.8. The van der Waals surface area contributed by atoms with E-state index in [0.29, 0.717) is 40.2 Å². The summed E-state index contributed by atoms with van der Waals surface area (Å²) in [7, 11) is 0. The van der Waals surface area contributed by atoms with Crippen LogP contribution in [0.25, 0.3) is 6.08 Å². The van der Waals surface area contributed by atoms with Crippen LogP contribution in [0.1, 0.15) is 29.8 Å². The van der Waals surface area contributed by atoms with Gasteiger partial charge in [-0.3, -0.25) is 15.0 Å². The second kappa shape index (κ2) is 9.97. The Labute approximate surface area is 189 Å². The molecule has 1 saturated heterocycles. The third-order valence-corrected chi connectivity index (χ3v) is 5.53. The van der Waals surface area contributed by atoms with Gasteiger partial charge < -0.3 is 9.47 Å². The molecule has 156 valence electrons. The molecule has 0 radical (unpaired) electrons. The van der Waals surface area contributed by atoms with Crippen LogP contribution in [0, 0.1) is 0 Å². The lowest BCUT2D eigenvalue weighted by atomic mass is 10.2. The summed E-state index contributed by atoms with van der Waals surface area (Å²) in [5.74, 6) is 0.377. The lowest BCUT2D eigenvalue weighted by molar-refractivity contribution is -0.123. The van der Waals surface area contributed by atoms with Gasteiger partial charge in [0.2, 0.25) is 0 Å². The van der Waals surface area contributed by atoms with Gasteiger partial charge >= 0.3 is 0 Å². The molecule has 30 heavy (non-hydrogen) atoms. The molecule has 3 rings (SSSR count). The molecule has 1 heterocycles. The summed E-state index contributed by atoms with van der Waals surface area (Å²) >= 11 is 12.2. The van der Waals surface area contributed by atoms with E-state index in [9.17, 15) is 9.59 Å². The van der Waals surface area contributed by atoms with Gasteiger partial charge in [0, 0.05) is 10.6 Å². The smallest absolute Gasteiger partial charge is 0.285 e. The lowest BCUT2D eigenvalue weighted by Gasteiger charge is -2.15. The number of halogens is 1. The number of rotatable bonds is 7. The molecule has 0 aromatic heterocycles. The van der Waals surface area contributed by atoms with Crippen molar-refractivity contribution in [2.45, 2.75) is 13.8 Å². The summed E-state index contributed by atoms with van der Waals surface area (Å²) < 4.78 is 11.4. The SMILES string of the molecule is CCOc1ccc(/C=C2/SC(=S)N(NC(=O)c3ccc(Cl)cc3)C2=O)cc1OCC. The Morgan fingerprint density at radius 3 is 2.47 bits per heavy atom. The molecule has 6 nitrogen and oxygen atoms in total. The molecule has 1 fully saturated rings. The number of nitrogens with zero attached hydrogens (tertiary/aromatic N) is 1. The average Bonchev–Trinajstić information content (AvgIpc) is 2.98. The summed E-state index contributed by atoms with van der Waals surface area (Å²) in [6.45, 7) is 4.79. The minimum Gasteiger partial charge on any atom is -0.490 e. The Hall–Kier alpha value is -2.55. The third-order valence-electron chi connectivity index (χ3n) is 3.98. The Morgan fingerprint density at radius 2 is 1.80 bits per heavy atom. The van der Waals surface area contributed by atoms with E-state index in [1.807, 2.05) is 19.9 Å². The first-order valence-electron chi connectivity index (χ1n) is 9.17. The van der Waals surface area contributed by atoms with Crippen molar-refractivity contribution >= 4 is 57.8 Å². The summed E-state index contributed by atoms with van der Waals surface area (Å²) in [4.78, 5) is 25.6. The fourth-order valence-electron chi connectivity index (χ4n) is 2.64. The highest BCUT2D eigenvalue weighted by molar-refractivity contribution is 8.26. The van der Waals surface area contributed by atoms with Crippen LogP contribution in [0.5, 0.6) is 11.5 Å². The molecule has 2 aromatic carbocycles. The summed E-state index contributed by atoms with van der Waals surface area (Å²) in [5, 5.41) is 1.59.